The highest BCUT2D eigenvalue weighted by molar-refractivity contribution is 6.30. The van der Waals surface area contributed by atoms with Crippen LogP contribution in [-0.4, -0.2) is 42.2 Å². The van der Waals surface area contributed by atoms with Crippen LogP contribution < -0.4 is 5.32 Å². The third-order valence-electron chi connectivity index (χ3n) is 3.33. The number of hydrogen-bond donors (Lipinski definition) is 2. The van der Waals surface area contributed by atoms with Gasteiger partial charge in [0.2, 0.25) is 0 Å². The number of amides is 1. The second kappa shape index (κ2) is 9.42. The molecule has 130 valence electrons. The first-order chi connectivity index (χ1) is 11.6. The minimum absolute atomic E-state index is 0.213. The van der Waals surface area contributed by atoms with E-state index in [2.05, 4.69) is 15.5 Å². The predicted octanol–water partition coefficient (Wildman–Crippen LogP) is 3.25. The van der Waals surface area contributed by atoms with E-state index in [1.54, 1.807) is 18.2 Å². The lowest BCUT2D eigenvalue weighted by Gasteiger charge is -2.16. The first-order valence-corrected chi connectivity index (χ1v) is 8.34. The average molecular weight is 352 g/mol. The van der Waals surface area contributed by atoms with Gasteiger partial charge in [0, 0.05) is 36.8 Å². The molecule has 0 spiro atoms. The summed E-state index contributed by atoms with van der Waals surface area (Å²) in [6.07, 6.45) is 0.290. The van der Waals surface area contributed by atoms with E-state index in [0.717, 1.165) is 5.56 Å². The van der Waals surface area contributed by atoms with Crippen LogP contribution in [0.5, 0.6) is 0 Å². The zero-order chi connectivity index (χ0) is 17.4. The molecule has 7 heteroatoms. The van der Waals surface area contributed by atoms with Gasteiger partial charge in [-0.1, -0.05) is 23.7 Å². The van der Waals surface area contributed by atoms with E-state index >= 15 is 0 Å². The molecular weight excluding hydrogens is 330 g/mol. The molecule has 24 heavy (non-hydrogen) atoms. The standard InChI is InChI=1S/C17H22ClN3O3/c1-3-23-16(24-4-2)9-10-19-17(22)15-11-14(20-21-15)12-5-7-13(18)8-6-12/h5-8,11,16H,3-4,9-10H2,1-2H3,(H,19,22)(H,20,21). The Morgan fingerprint density at radius 3 is 2.54 bits per heavy atom. The summed E-state index contributed by atoms with van der Waals surface area (Å²) in [5, 5.41) is 10.4. The number of aromatic amines is 1. The van der Waals surface area contributed by atoms with E-state index < -0.39 is 0 Å². The van der Waals surface area contributed by atoms with Crippen LogP contribution in [0.15, 0.2) is 30.3 Å². The first-order valence-electron chi connectivity index (χ1n) is 7.96. The fourth-order valence-electron chi connectivity index (χ4n) is 2.19. The molecular formula is C17H22ClN3O3. The smallest absolute Gasteiger partial charge is 0.269 e. The Hall–Kier alpha value is -1.89. The Morgan fingerprint density at radius 1 is 1.25 bits per heavy atom. The van der Waals surface area contributed by atoms with Crippen LogP contribution in [-0.2, 0) is 9.47 Å². The summed E-state index contributed by atoms with van der Waals surface area (Å²) in [5.41, 5.74) is 1.99. The molecule has 0 atom stereocenters. The van der Waals surface area contributed by atoms with Gasteiger partial charge in [-0.3, -0.25) is 9.89 Å². The quantitative estimate of drug-likeness (QED) is 0.680. The Morgan fingerprint density at radius 2 is 1.92 bits per heavy atom. The summed E-state index contributed by atoms with van der Waals surface area (Å²) < 4.78 is 10.9. The monoisotopic (exact) mass is 351 g/mol. The van der Waals surface area contributed by atoms with Gasteiger partial charge in [-0.05, 0) is 32.0 Å². The van der Waals surface area contributed by atoms with Crippen molar-refractivity contribution < 1.29 is 14.3 Å². The number of halogens is 1. The fraction of sp³-hybridized carbons (Fsp3) is 0.412. The predicted molar refractivity (Wildman–Crippen MR) is 93.0 cm³/mol. The minimum Gasteiger partial charge on any atom is -0.353 e. The van der Waals surface area contributed by atoms with Crippen LogP contribution in [0.3, 0.4) is 0 Å². The van der Waals surface area contributed by atoms with Gasteiger partial charge in [0.05, 0.1) is 5.69 Å². The number of carbonyl (C=O) groups excluding carboxylic acids is 1. The number of H-pyrrole nitrogens is 1. The van der Waals surface area contributed by atoms with Crippen molar-refractivity contribution in [2.45, 2.75) is 26.6 Å². The molecule has 2 N–H and O–H groups in total. The summed E-state index contributed by atoms with van der Waals surface area (Å²) in [7, 11) is 0. The molecule has 0 radical (unpaired) electrons. The average Bonchev–Trinajstić information content (AvgIpc) is 3.06. The van der Waals surface area contributed by atoms with Crippen molar-refractivity contribution in [1.29, 1.82) is 0 Å². The lowest BCUT2D eigenvalue weighted by atomic mass is 10.1. The summed E-state index contributed by atoms with van der Waals surface area (Å²) in [6.45, 7) is 5.42. The summed E-state index contributed by atoms with van der Waals surface area (Å²) in [4.78, 5) is 12.2. The van der Waals surface area contributed by atoms with E-state index in [0.29, 0.717) is 42.6 Å². The molecule has 1 amide bonds. The lowest BCUT2D eigenvalue weighted by molar-refractivity contribution is -0.138. The number of ether oxygens (including phenoxy) is 2. The minimum atomic E-state index is -0.299. The van der Waals surface area contributed by atoms with E-state index in [1.165, 1.54) is 0 Å². The van der Waals surface area contributed by atoms with Crippen molar-refractivity contribution in [3.63, 3.8) is 0 Å². The van der Waals surface area contributed by atoms with Gasteiger partial charge in [0.15, 0.2) is 6.29 Å². The molecule has 0 bridgehead atoms. The molecule has 1 aromatic heterocycles. The molecule has 0 saturated carbocycles. The highest BCUT2D eigenvalue weighted by Gasteiger charge is 2.12. The number of carbonyl (C=O) groups is 1. The highest BCUT2D eigenvalue weighted by atomic mass is 35.5. The Kier molecular flexibility index (Phi) is 7.24. The molecule has 0 saturated heterocycles. The molecule has 0 aliphatic rings. The van der Waals surface area contributed by atoms with Gasteiger partial charge in [-0.25, -0.2) is 0 Å². The molecule has 1 aromatic carbocycles. The van der Waals surface area contributed by atoms with Crippen molar-refractivity contribution in [1.82, 2.24) is 15.5 Å². The Labute approximate surface area is 146 Å². The van der Waals surface area contributed by atoms with E-state index in [-0.39, 0.29) is 12.2 Å². The van der Waals surface area contributed by atoms with Crippen LogP contribution >= 0.6 is 11.6 Å². The summed E-state index contributed by atoms with van der Waals surface area (Å²) in [6, 6.07) is 8.99. The zero-order valence-electron chi connectivity index (χ0n) is 13.8. The van der Waals surface area contributed by atoms with Gasteiger partial charge in [0.25, 0.3) is 5.91 Å². The van der Waals surface area contributed by atoms with Crippen molar-refractivity contribution in [2.75, 3.05) is 19.8 Å². The van der Waals surface area contributed by atoms with Gasteiger partial charge in [-0.2, -0.15) is 5.10 Å². The summed E-state index contributed by atoms with van der Waals surface area (Å²) in [5.74, 6) is -0.213. The van der Waals surface area contributed by atoms with Crippen LogP contribution in [0.2, 0.25) is 5.02 Å². The molecule has 0 aliphatic heterocycles. The van der Waals surface area contributed by atoms with E-state index in [9.17, 15) is 4.79 Å². The molecule has 6 nitrogen and oxygen atoms in total. The van der Waals surface area contributed by atoms with E-state index in [1.807, 2.05) is 26.0 Å². The third kappa shape index (κ3) is 5.33. The van der Waals surface area contributed by atoms with Gasteiger partial charge >= 0.3 is 0 Å². The van der Waals surface area contributed by atoms with Crippen LogP contribution in [0.4, 0.5) is 0 Å². The normalized spacial score (nSPS) is 11.0. The number of nitrogens with one attached hydrogen (secondary N) is 2. The third-order valence-corrected chi connectivity index (χ3v) is 3.59. The first kappa shape index (κ1) is 18.4. The largest absolute Gasteiger partial charge is 0.353 e. The second-order valence-corrected chi connectivity index (χ2v) is 5.50. The fourth-order valence-corrected chi connectivity index (χ4v) is 2.32. The Balaban J connectivity index is 1.88. The maximum Gasteiger partial charge on any atom is 0.269 e. The SMILES string of the molecule is CCOC(CCNC(=O)c1cc(-c2ccc(Cl)cc2)n[nH]1)OCC. The van der Waals surface area contributed by atoms with Crippen molar-refractivity contribution >= 4 is 17.5 Å². The van der Waals surface area contributed by atoms with Crippen LogP contribution in [0.1, 0.15) is 30.8 Å². The molecule has 0 unspecified atom stereocenters. The van der Waals surface area contributed by atoms with Gasteiger partial charge < -0.3 is 14.8 Å². The van der Waals surface area contributed by atoms with Gasteiger partial charge in [-0.15, -0.1) is 0 Å². The van der Waals surface area contributed by atoms with Crippen LogP contribution in [0, 0.1) is 0 Å². The van der Waals surface area contributed by atoms with Crippen molar-refractivity contribution in [3.05, 3.63) is 41.0 Å². The van der Waals surface area contributed by atoms with Crippen molar-refractivity contribution in [2.24, 2.45) is 0 Å². The molecule has 1 heterocycles. The molecule has 0 aliphatic carbocycles. The molecule has 2 aromatic rings. The van der Waals surface area contributed by atoms with Crippen LogP contribution in [0.25, 0.3) is 11.3 Å². The van der Waals surface area contributed by atoms with E-state index in [4.69, 9.17) is 21.1 Å². The number of benzene rings is 1. The highest BCUT2D eigenvalue weighted by Crippen LogP contribution is 2.20. The number of aromatic nitrogens is 2. The molecule has 0 fully saturated rings. The summed E-state index contributed by atoms with van der Waals surface area (Å²) >= 11 is 5.87. The number of hydrogen-bond acceptors (Lipinski definition) is 4. The lowest BCUT2D eigenvalue weighted by Crippen LogP contribution is -2.29. The second-order valence-electron chi connectivity index (χ2n) is 5.06. The maximum absolute atomic E-state index is 12.2. The van der Waals surface area contributed by atoms with Gasteiger partial charge in [0.1, 0.15) is 5.69 Å². The number of rotatable bonds is 9. The maximum atomic E-state index is 12.2. The number of nitrogens with zero attached hydrogens (tertiary/aromatic N) is 1. The van der Waals surface area contributed by atoms with Crippen molar-refractivity contribution in [3.8, 4) is 11.3 Å². The Bertz CT molecular complexity index is 637. The zero-order valence-corrected chi connectivity index (χ0v) is 14.6. The topological polar surface area (TPSA) is 76.2 Å². The molecule has 2 rings (SSSR count).